The Labute approximate surface area is 105 Å². The first-order valence-electron chi connectivity index (χ1n) is 5.12. The molecule has 0 spiro atoms. The third kappa shape index (κ3) is 3.45. The summed E-state index contributed by atoms with van der Waals surface area (Å²) in [4.78, 5) is 21.6. The van der Waals surface area contributed by atoms with Crippen LogP contribution in [0.25, 0.3) is 0 Å². The first-order chi connectivity index (χ1) is 7.93. The summed E-state index contributed by atoms with van der Waals surface area (Å²) in [5, 5.41) is 13.0. The quantitative estimate of drug-likeness (QED) is 0.489. The van der Waals surface area contributed by atoms with Crippen molar-refractivity contribution in [2.75, 3.05) is 0 Å². The molecule has 0 aliphatic rings. The molecule has 6 heteroatoms. The molecular formula is C11H14N2O3S. The van der Waals surface area contributed by atoms with Crippen molar-refractivity contribution in [2.45, 2.75) is 25.6 Å². The molecular weight excluding hydrogens is 240 g/mol. The number of nitrogens with one attached hydrogen (secondary N) is 1. The topological polar surface area (TPSA) is 72.2 Å². The second kappa shape index (κ2) is 5.67. The highest BCUT2D eigenvalue weighted by atomic mass is 32.1. The number of nitrogens with zero attached hydrogens (tertiary/aromatic N) is 1. The van der Waals surface area contributed by atoms with Gasteiger partial charge in [-0.15, -0.1) is 0 Å². The summed E-state index contributed by atoms with van der Waals surface area (Å²) in [6, 6.07) is 4.81. The van der Waals surface area contributed by atoms with Crippen LogP contribution >= 0.6 is 12.6 Å². The van der Waals surface area contributed by atoms with Crippen molar-refractivity contribution in [2.24, 2.45) is 0 Å². The highest BCUT2D eigenvalue weighted by Crippen LogP contribution is 2.20. The second-order valence-electron chi connectivity index (χ2n) is 3.71. The molecule has 0 bridgehead atoms. The van der Waals surface area contributed by atoms with Gasteiger partial charge in [-0.05, 0) is 19.4 Å². The maximum absolute atomic E-state index is 11.3. The Kier molecular flexibility index (Phi) is 4.51. The monoisotopic (exact) mass is 254 g/mol. The fourth-order valence-electron chi connectivity index (χ4n) is 1.39. The Balaban J connectivity index is 2.82. The van der Waals surface area contributed by atoms with Gasteiger partial charge in [0.25, 0.3) is 5.69 Å². The molecule has 1 atom stereocenters. The predicted molar refractivity (Wildman–Crippen MR) is 68.1 cm³/mol. The summed E-state index contributed by atoms with van der Waals surface area (Å²) in [6.45, 7) is 3.61. The van der Waals surface area contributed by atoms with Crippen LogP contribution < -0.4 is 5.32 Å². The van der Waals surface area contributed by atoms with E-state index in [1.807, 2.05) is 0 Å². The molecule has 92 valence electrons. The van der Waals surface area contributed by atoms with Crippen LogP contribution in [-0.2, 0) is 11.3 Å². The summed E-state index contributed by atoms with van der Waals surface area (Å²) in [5.74, 6) is -0.195. The normalized spacial score (nSPS) is 11.9. The zero-order chi connectivity index (χ0) is 13.0. The Bertz CT molecular complexity index is 446. The van der Waals surface area contributed by atoms with Gasteiger partial charge in [0.1, 0.15) is 0 Å². The zero-order valence-electron chi connectivity index (χ0n) is 9.64. The van der Waals surface area contributed by atoms with Gasteiger partial charge in [-0.25, -0.2) is 0 Å². The van der Waals surface area contributed by atoms with E-state index in [1.165, 1.54) is 6.07 Å². The molecule has 1 unspecified atom stereocenters. The third-order valence-electron chi connectivity index (χ3n) is 2.45. The van der Waals surface area contributed by atoms with Crippen molar-refractivity contribution >= 4 is 24.2 Å². The van der Waals surface area contributed by atoms with Crippen LogP contribution in [0.4, 0.5) is 5.69 Å². The average molecular weight is 254 g/mol. The summed E-state index contributed by atoms with van der Waals surface area (Å²) in [7, 11) is 0. The number of hydrogen-bond acceptors (Lipinski definition) is 4. The van der Waals surface area contributed by atoms with Crippen LogP contribution in [0.5, 0.6) is 0 Å². The largest absolute Gasteiger partial charge is 0.351 e. The highest BCUT2D eigenvalue weighted by Gasteiger charge is 2.14. The second-order valence-corrected chi connectivity index (χ2v) is 4.49. The van der Waals surface area contributed by atoms with E-state index in [9.17, 15) is 14.9 Å². The molecule has 1 aromatic rings. The van der Waals surface area contributed by atoms with Crippen LogP contribution in [0.1, 0.15) is 18.1 Å². The van der Waals surface area contributed by atoms with Crippen molar-refractivity contribution in [1.29, 1.82) is 0 Å². The third-order valence-corrected chi connectivity index (χ3v) is 2.68. The number of amides is 1. The van der Waals surface area contributed by atoms with Gasteiger partial charge in [0.15, 0.2) is 0 Å². The minimum atomic E-state index is -0.429. The lowest BCUT2D eigenvalue weighted by molar-refractivity contribution is -0.385. The number of carbonyl (C=O) groups is 1. The van der Waals surface area contributed by atoms with Crippen LogP contribution in [0.15, 0.2) is 18.2 Å². The Morgan fingerprint density at radius 3 is 2.76 bits per heavy atom. The van der Waals surface area contributed by atoms with E-state index in [-0.39, 0.29) is 18.1 Å². The molecule has 1 rings (SSSR count). The van der Waals surface area contributed by atoms with Crippen molar-refractivity contribution in [3.05, 3.63) is 39.4 Å². The summed E-state index contributed by atoms with van der Waals surface area (Å²) >= 11 is 4.00. The van der Waals surface area contributed by atoms with Gasteiger partial charge >= 0.3 is 0 Å². The van der Waals surface area contributed by atoms with Crippen molar-refractivity contribution < 1.29 is 9.72 Å². The van der Waals surface area contributed by atoms with Crippen molar-refractivity contribution in [3.8, 4) is 0 Å². The van der Waals surface area contributed by atoms with Gasteiger partial charge < -0.3 is 5.32 Å². The number of thiol groups is 1. The minimum Gasteiger partial charge on any atom is -0.351 e. The van der Waals surface area contributed by atoms with Crippen LogP contribution in [-0.4, -0.2) is 16.1 Å². The van der Waals surface area contributed by atoms with Gasteiger partial charge in [-0.3, -0.25) is 14.9 Å². The number of benzene rings is 1. The molecule has 1 N–H and O–H groups in total. The predicted octanol–water partition coefficient (Wildman–Crippen LogP) is 1.84. The molecule has 17 heavy (non-hydrogen) atoms. The first-order valence-corrected chi connectivity index (χ1v) is 5.63. The number of hydrogen-bond donors (Lipinski definition) is 2. The zero-order valence-corrected chi connectivity index (χ0v) is 10.5. The van der Waals surface area contributed by atoms with Crippen LogP contribution in [0, 0.1) is 17.0 Å². The lowest BCUT2D eigenvalue weighted by atomic mass is 10.1. The summed E-state index contributed by atoms with van der Waals surface area (Å²) < 4.78 is 0. The Hall–Kier alpha value is -1.56. The fraction of sp³-hybridized carbons (Fsp3) is 0.364. The standard InChI is InChI=1S/C11H14N2O3S/c1-7-9(6-12-11(14)8(2)17)4-3-5-10(7)13(15)16/h3-5,8,17H,6H2,1-2H3,(H,12,14). The van der Waals surface area contributed by atoms with Crippen LogP contribution in [0.2, 0.25) is 0 Å². The Morgan fingerprint density at radius 1 is 1.59 bits per heavy atom. The molecule has 0 radical (unpaired) electrons. The van der Waals surface area contributed by atoms with Crippen molar-refractivity contribution in [3.63, 3.8) is 0 Å². The number of nitro groups is 1. The smallest absolute Gasteiger partial charge is 0.272 e. The maximum Gasteiger partial charge on any atom is 0.272 e. The molecule has 1 aromatic carbocycles. The minimum absolute atomic E-state index is 0.0654. The van der Waals surface area contributed by atoms with E-state index in [2.05, 4.69) is 17.9 Å². The van der Waals surface area contributed by atoms with Crippen molar-refractivity contribution in [1.82, 2.24) is 5.32 Å². The lowest BCUT2D eigenvalue weighted by Crippen LogP contribution is -2.29. The van der Waals surface area contributed by atoms with Crippen LogP contribution in [0.3, 0.4) is 0 Å². The lowest BCUT2D eigenvalue weighted by Gasteiger charge is -2.09. The molecule has 5 nitrogen and oxygen atoms in total. The Morgan fingerprint density at radius 2 is 2.24 bits per heavy atom. The molecule has 0 aromatic heterocycles. The van der Waals surface area contributed by atoms with E-state index in [0.717, 1.165) is 5.56 Å². The van der Waals surface area contributed by atoms with E-state index in [0.29, 0.717) is 5.56 Å². The SMILES string of the molecule is Cc1c(CNC(=O)C(C)S)cccc1[N+](=O)[O-]. The molecule has 0 saturated heterocycles. The van der Waals surface area contributed by atoms with Gasteiger partial charge in [-0.1, -0.05) is 12.1 Å². The molecule has 0 aliphatic heterocycles. The summed E-state index contributed by atoms with van der Waals surface area (Å²) in [5.41, 5.74) is 1.38. The highest BCUT2D eigenvalue weighted by molar-refractivity contribution is 7.81. The number of rotatable bonds is 4. The summed E-state index contributed by atoms with van der Waals surface area (Å²) in [6.07, 6.45) is 0. The van der Waals surface area contributed by atoms with E-state index in [1.54, 1.807) is 26.0 Å². The van der Waals surface area contributed by atoms with E-state index in [4.69, 9.17) is 0 Å². The van der Waals surface area contributed by atoms with Gasteiger partial charge in [0.05, 0.1) is 10.2 Å². The number of carbonyl (C=O) groups excluding carboxylic acids is 1. The molecule has 0 heterocycles. The molecule has 0 aliphatic carbocycles. The van der Waals surface area contributed by atoms with E-state index >= 15 is 0 Å². The van der Waals surface area contributed by atoms with E-state index < -0.39 is 10.2 Å². The van der Waals surface area contributed by atoms with Gasteiger partial charge in [0, 0.05) is 18.2 Å². The first kappa shape index (κ1) is 13.5. The average Bonchev–Trinajstić information content (AvgIpc) is 2.26. The molecule has 1 amide bonds. The molecule has 0 saturated carbocycles. The van der Waals surface area contributed by atoms with Gasteiger partial charge in [-0.2, -0.15) is 12.6 Å². The number of nitro benzene ring substituents is 1. The maximum atomic E-state index is 11.3. The molecule has 0 fully saturated rings. The fourth-order valence-corrected chi connectivity index (χ4v) is 1.48. The van der Waals surface area contributed by atoms with Gasteiger partial charge in [0.2, 0.25) is 5.91 Å².